The SMILES string of the molecule is O=C(CN1C(=O)/C(=C/c2ccc(Cl)cc2)SC1=S)Nc1ccc(O)c(C(=O)O)c1. The zero-order chi connectivity index (χ0) is 21.1. The molecule has 1 aliphatic heterocycles. The van der Waals surface area contributed by atoms with Crippen molar-refractivity contribution in [3.05, 3.63) is 63.5 Å². The molecule has 1 aliphatic rings. The number of hydrogen-bond acceptors (Lipinski definition) is 6. The molecule has 29 heavy (non-hydrogen) atoms. The predicted molar refractivity (Wildman–Crippen MR) is 115 cm³/mol. The summed E-state index contributed by atoms with van der Waals surface area (Å²) >= 11 is 12.1. The van der Waals surface area contributed by atoms with Gasteiger partial charge in [-0.1, -0.05) is 47.7 Å². The van der Waals surface area contributed by atoms with Crippen LogP contribution < -0.4 is 5.32 Å². The van der Waals surface area contributed by atoms with Crippen LogP contribution in [0.1, 0.15) is 15.9 Å². The molecule has 0 atom stereocenters. The molecule has 0 bridgehead atoms. The minimum absolute atomic E-state index is 0.173. The van der Waals surface area contributed by atoms with Gasteiger partial charge < -0.3 is 15.5 Å². The minimum Gasteiger partial charge on any atom is -0.507 e. The summed E-state index contributed by atoms with van der Waals surface area (Å²) < 4.78 is 0.238. The molecule has 0 aromatic heterocycles. The van der Waals surface area contributed by atoms with Gasteiger partial charge in [-0.25, -0.2) is 4.79 Å². The summed E-state index contributed by atoms with van der Waals surface area (Å²) in [5, 5.41) is 21.6. The van der Waals surface area contributed by atoms with Gasteiger partial charge in [-0.05, 0) is 42.0 Å². The fourth-order valence-electron chi connectivity index (χ4n) is 2.48. The van der Waals surface area contributed by atoms with Crippen molar-refractivity contribution in [2.75, 3.05) is 11.9 Å². The third-order valence-corrected chi connectivity index (χ3v) is 5.48. The van der Waals surface area contributed by atoms with Crippen LogP contribution in [0, 0.1) is 0 Å². The number of halogens is 1. The molecule has 0 radical (unpaired) electrons. The number of carbonyl (C=O) groups excluding carboxylic acids is 2. The number of benzene rings is 2. The fraction of sp³-hybridized carbons (Fsp3) is 0.0526. The van der Waals surface area contributed by atoms with Gasteiger partial charge in [0.2, 0.25) is 5.91 Å². The molecular weight excluding hydrogens is 436 g/mol. The number of aromatic carboxylic acids is 1. The topological polar surface area (TPSA) is 107 Å². The van der Waals surface area contributed by atoms with E-state index in [0.717, 1.165) is 34.4 Å². The lowest BCUT2D eigenvalue weighted by Crippen LogP contribution is -2.36. The highest BCUT2D eigenvalue weighted by atomic mass is 35.5. The summed E-state index contributed by atoms with van der Waals surface area (Å²) in [5.41, 5.74) is 0.594. The predicted octanol–water partition coefficient (Wildman–Crippen LogP) is 3.58. The van der Waals surface area contributed by atoms with Gasteiger partial charge in [0.1, 0.15) is 22.2 Å². The van der Waals surface area contributed by atoms with E-state index in [0.29, 0.717) is 9.93 Å². The van der Waals surface area contributed by atoms with Crippen molar-refractivity contribution in [3.8, 4) is 5.75 Å². The number of rotatable bonds is 5. The van der Waals surface area contributed by atoms with Crippen LogP contribution in [0.3, 0.4) is 0 Å². The zero-order valence-electron chi connectivity index (χ0n) is 14.6. The van der Waals surface area contributed by atoms with E-state index in [1.807, 2.05) is 0 Å². The van der Waals surface area contributed by atoms with E-state index in [2.05, 4.69) is 5.32 Å². The molecule has 10 heteroatoms. The summed E-state index contributed by atoms with van der Waals surface area (Å²) in [6.45, 7) is -0.327. The molecule has 2 aromatic rings. The maximum absolute atomic E-state index is 12.6. The Bertz CT molecular complexity index is 1050. The normalized spacial score (nSPS) is 15.1. The molecule has 1 saturated heterocycles. The van der Waals surface area contributed by atoms with E-state index >= 15 is 0 Å². The summed E-state index contributed by atoms with van der Waals surface area (Å²) in [5.74, 6) is -2.71. The molecule has 0 unspecified atom stereocenters. The summed E-state index contributed by atoms with van der Waals surface area (Å²) in [7, 11) is 0. The van der Waals surface area contributed by atoms with Gasteiger partial charge in [-0.3, -0.25) is 14.5 Å². The standard InChI is InChI=1S/C19H13ClN2O5S2/c20-11-3-1-10(2-4-11)7-15-17(25)22(19(28)29-15)9-16(24)21-12-5-6-14(23)13(8-12)18(26)27/h1-8,23H,9H2,(H,21,24)(H,26,27)/b15-7-. The lowest BCUT2D eigenvalue weighted by atomic mass is 10.2. The van der Waals surface area contributed by atoms with Crippen LogP contribution in [0.15, 0.2) is 47.4 Å². The summed E-state index contributed by atoms with van der Waals surface area (Å²) in [4.78, 5) is 37.5. The first-order chi connectivity index (χ1) is 13.7. The van der Waals surface area contributed by atoms with E-state index in [4.69, 9.17) is 28.9 Å². The number of nitrogens with one attached hydrogen (secondary N) is 1. The van der Waals surface area contributed by atoms with Gasteiger partial charge in [-0.2, -0.15) is 0 Å². The van der Waals surface area contributed by atoms with E-state index in [-0.39, 0.29) is 22.1 Å². The largest absolute Gasteiger partial charge is 0.507 e. The van der Waals surface area contributed by atoms with Gasteiger partial charge in [0.15, 0.2) is 0 Å². The third kappa shape index (κ3) is 4.94. The molecule has 2 amide bonds. The highest BCUT2D eigenvalue weighted by molar-refractivity contribution is 8.26. The molecule has 148 valence electrons. The number of hydrogen-bond donors (Lipinski definition) is 3. The first-order valence-electron chi connectivity index (χ1n) is 8.11. The minimum atomic E-state index is -1.33. The van der Waals surface area contributed by atoms with Crippen LogP contribution in [0.25, 0.3) is 6.08 Å². The monoisotopic (exact) mass is 448 g/mol. The van der Waals surface area contributed by atoms with Crippen LogP contribution >= 0.6 is 35.6 Å². The molecule has 3 N–H and O–H groups in total. The Labute approximate surface area is 180 Å². The summed E-state index contributed by atoms with van der Waals surface area (Å²) in [6, 6.07) is 10.5. The van der Waals surface area contributed by atoms with E-state index in [1.54, 1.807) is 30.3 Å². The number of carboxylic acids is 1. The van der Waals surface area contributed by atoms with Crippen LogP contribution in [0.5, 0.6) is 5.75 Å². The van der Waals surface area contributed by atoms with Gasteiger partial charge in [-0.15, -0.1) is 0 Å². The van der Waals surface area contributed by atoms with Gasteiger partial charge in [0, 0.05) is 10.7 Å². The van der Waals surface area contributed by atoms with Crippen molar-refractivity contribution in [2.24, 2.45) is 0 Å². The molecule has 1 fully saturated rings. The van der Waals surface area contributed by atoms with Crippen molar-refractivity contribution >= 4 is 69.4 Å². The first kappa shape index (κ1) is 20.8. The molecule has 0 saturated carbocycles. The van der Waals surface area contributed by atoms with Crippen molar-refractivity contribution in [1.82, 2.24) is 4.90 Å². The quantitative estimate of drug-likeness (QED) is 0.364. The zero-order valence-corrected chi connectivity index (χ0v) is 17.0. The molecule has 7 nitrogen and oxygen atoms in total. The Balaban J connectivity index is 1.70. The van der Waals surface area contributed by atoms with Gasteiger partial charge in [0.25, 0.3) is 5.91 Å². The Morgan fingerprint density at radius 2 is 1.90 bits per heavy atom. The van der Waals surface area contributed by atoms with Gasteiger partial charge in [0.05, 0.1) is 4.91 Å². The average Bonchev–Trinajstić information content (AvgIpc) is 2.92. The second-order valence-corrected chi connectivity index (χ2v) is 8.02. The number of amides is 2. The molecule has 0 spiro atoms. The molecule has 3 rings (SSSR count). The van der Waals surface area contributed by atoms with Crippen LogP contribution in [0.4, 0.5) is 5.69 Å². The smallest absolute Gasteiger partial charge is 0.339 e. The molecule has 1 heterocycles. The second kappa shape index (κ2) is 8.64. The van der Waals surface area contributed by atoms with Crippen LogP contribution in [0.2, 0.25) is 5.02 Å². The highest BCUT2D eigenvalue weighted by Crippen LogP contribution is 2.32. The summed E-state index contributed by atoms with van der Waals surface area (Å²) in [6.07, 6.45) is 1.66. The van der Waals surface area contributed by atoms with E-state index < -0.39 is 23.5 Å². The third-order valence-electron chi connectivity index (χ3n) is 3.85. The molecular formula is C19H13ClN2O5S2. The number of thioether (sulfide) groups is 1. The Kier molecular flexibility index (Phi) is 6.21. The van der Waals surface area contributed by atoms with Gasteiger partial charge >= 0.3 is 5.97 Å². The number of nitrogens with zero attached hydrogens (tertiary/aromatic N) is 1. The number of carboxylic acid groups (broad SMARTS) is 1. The first-order valence-corrected chi connectivity index (χ1v) is 9.72. The molecule has 2 aromatic carbocycles. The van der Waals surface area contributed by atoms with Crippen molar-refractivity contribution in [1.29, 1.82) is 0 Å². The number of carbonyl (C=O) groups is 3. The van der Waals surface area contributed by atoms with Crippen LogP contribution in [-0.2, 0) is 9.59 Å². The second-order valence-electron chi connectivity index (χ2n) is 5.90. The number of anilines is 1. The van der Waals surface area contributed by atoms with Crippen molar-refractivity contribution in [2.45, 2.75) is 0 Å². The molecule has 0 aliphatic carbocycles. The number of aromatic hydroxyl groups is 1. The number of thiocarbonyl (C=S) groups is 1. The maximum atomic E-state index is 12.6. The number of phenols is 1. The maximum Gasteiger partial charge on any atom is 0.339 e. The Morgan fingerprint density at radius 3 is 2.55 bits per heavy atom. The van der Waals surface area contributed by atoms with Crippen molar-refractivity contribution < 1.29 is 24.6 Å². The fourth-order valence-corrected chi connectivity index (χ4v) is 3.86. The Morgan fingerprint density at radius 1 is 1.21 bits per heavy atom. The average molecular weight is 449 g/mol. The Hall–Kier alpha value is -2.88. The van der Waals surface area contributed by atoms with E-state index in [1.165, 1.54) is 6.07 Å². The van der Waals surface area contributed by atoms with Crippen LogP contribution in [-0.4, -0.2) is 43.8 Å². The van der Waals surface area contributed by atoms with E-state index in [9.17, 15) is 19.5 Å². The van der Waals surface area contributed by atoms with Crippen molar-refractivity contribution in [3.63, 3.8) is 0 Å². The lowest BCUT2D eigenvalue weighted by Gasteiger charge is -2.14. The lowest BCUT2D eigenvalue weighted by molar-refractivity contribution is -0.126. The highest BCUT2D eigenvalue weighted by Gasteiger charge is 2.33.